The highest BCUT2D eigenvalue weighted by atomic mass is 32.2. The Balaban J connectivity index is 1.65. The molecule has 0 spiro atoms. The minimum Gasteiger partial charge on any atom is -0.493 e. The van der Waals surface area contributed by atoms with E-state index in [1.54, 1.807) is 18.2 Å². The fraction of sp³-hybridized carbons (Fsp3) is 0.440. The maximum Gasteiger partial charge on any atom is 0.416 e. The molecule has 2 aromatic carbocycles. The number of methoxy groups -OCH3 is 2. The minimum atomic E-state index is -4.56. The van der Waals surface area contributed by atoms with Crippen LogP contribution in [0, 0.1) is 0 Å². The second-order valence-corrected chi connectivity index (χ2v) is 10.8. The third-order valence-corrected chi connectivity index (χ3v) is 8.14. The smallest absolute Gasteiger partial charge is 0.416 e. The van der Waals surface area contributed by atoms with Crippen LogP contribution in [-0.4, -0.2) is 63.9 Å². The Morgan fingerprint density at radius 3 is 2.21 bits per heavy atom. The molecule has 1 fully saturated rings. The maximum absolute atomic E-state index is 13.1. The normalized spacial score (nSPS) is 15.9. The molecule has 0 aromatic heterocycles. The molecule has 2 N–H and O–H groups in total. The highest BCUT2D eigenvalue weighted by Gasteiger charge is 2.34. The first-order chi connectivity index (χ1) is 17.9. The molecule has 38 heavy (non-hydrogen) atoms. The summed E-state index contributed by atoms with van der Waals surface area (Å²) in [5.74, 6) is 0.0899. The van der Waals surface area contributed by atoms with Crippen LogP contribution in [0.4, 0.5) is 13.2 Å². The number of rotatable bonds is 9. The van der Waals surface area contributed by atoms with E-state index in [-0.39, 0.29) is 30.4 Å². The van der Waals surface area contributed by atoms with Gasteiger partial charge in [0.1, 0.15) is 6.04 Å². The van der Waals surface area contributed by atoms with Crippen molar-refractivity contribution >= 4 is 21.8 Å². The van der Waals surface area contributed by atoms with Gasteiger partial charge in [0.05, 0.1) is 24.7 Å². The largest absolute Gasteiger partial charge is 0.493 e. The second-order valence-electron chi connectivity index (χ2n) is 8.82. The van der Waals surface area contributed by atoms with Crippen LogP contribution in [0.3, 0.4) is 0 Å². The predicted molar refractivity (Wildman–Crippen MR) is 132 cm³/mol. The van der Waals surface area contributed by atoms with Gasteiger partial charge in [-0.15, -0.1) is 0 Å². The van der Waals surface area contributed by atoms with Crippen LogP contribution in [-0.2, 0) is 32.2 Å². The zero-order valence-corrected chi connectivity index (χ0v) is 22.0. The number of sulfonamides is 1. The molecule has 2 amide bonds. The molecule has 9 nitrogen and oxygen atoms in total. The molecule has 1 saturated heterocycles. The molecule has 0 bridgehead atoms. The van der Waals surface area contributed by atoms with Crippen molar-refractivity contribution < 1.29 is 40.7 Å². The van der Waals surface area contributed by atoms with Gasteiger partial charge in [-0.2, -0.15) is 17.5 Å². The van der Waals surface area contributed by atoms with Gasteiger partial charge in [0.25, 0.3) is 0 Å². The van der Waals surface area contributed by atoms with E-state index < -0.39 is 39.6 Å². The molecule has 1 atom stereocenters. The summed E-state index contributed by atoms with van der Waals surface area (Å²) in [7, 11) is -1.03. The summed E-state index contributed by atoms with van der Waals surface area (Å²) in [5.41, 5.74) is -0.281. The molecule has 0 saturated carbocycles. The van der Waals surface area contributed by atoms with Crippen molar-refractivity contribution in [2.24, 2.45) is 0 Å². The lowest BCUT2D eigenvalue weighted by Crippen LogP contribution is -2.53. The average molecular weight is 558 g/mol. The number of amides is 2. The fourth-order valence-corrected chi connectivity index (χ4v) is 5.77. The Labute approximate surface area is 219 Å². The zero-order chi connectivity index (χ0) is 28.1. The summed E-state index contributed by atoms with van der Waals surface area (Å²) in [6.07, 6.45) is -3.85. The molecule has 0 radical (unpaired) electrons. The molecule has 1 heterocycles. The highest BCUT2D eigenvalue weighted by Crippen LogP contribution is 2.32. The standard InChI is InChI=1S/C25H30F3N3O6S/c1-16(32)29-21(15-17-5-4-6-22(36-2)23(17)37-3)24(33)30-19-11-13-31(14-12-19)38(34,35)20-9-7-18(8-10-20)25(26,27)28/h4-10,19,21H,11-15H2,1-3H3,(H,29,32)(H,30,33). The first-order valence-electron chi connectivity index (χ1n) is 11.8. The Kier molecular flexibility index (Phi) is 9.26. The Morgan fingerprint density at radius 2 is 1.68 bits per heavy atom. The number of alkyl halides is 3. The molecule has 2 aromatic rings. The van der Waals surface area contributed by atoms with Gasteiger partial charge in [0.2, 0.25) is 21.8 Å². The van der Waals surface area contributed by atoms with E-state index in [9.17, 15) is 31.2 Å². The monoisotopic (exact) mass is 557 g/mol. The van der Waals surface area contributed by atoms with Crippen molar-refractivity contribution in [3.63, 3.8) is 0 Å². The molecule has 1 unspecified atom stereocenters. The van der Waals surface area contributed by atoms with Crippen LogP contribution in [0.5, 0.6) is 11.5 Å². The number of halogens is 3. The number of nitrogens with one attached hydrogen (secondary N) is 2. The number of nitrogens with zero attached hydrogens (tertiary/aromatic N) is 1. The Hall–Kier alpha value is -3.32. The number of carbonyl (C=O) groups is 2. The number of hydrogen-bond donors (Lipinski definition) is 2. The number of para-hydroxylation sites is 1. The second kappa shape index (κ2) is 12.0. The molecule has 1 aliphatic rings. The van der Waals surface area contributed by atoms with Gasteiger partial charge in [-0.25, -0.2) is 8.42 Å². The van der Waals surface area contributed by atoms with Gasteiger partial charge in [0, 0.05) is 38.0 Å². The third kappa shape index (κ3) is 6.95. The van der Waals surface area contributed by atoms with Crippen molar-refractivity contribution in [1.82, 2.24) is 14.9 Å². The maximum atomic E-state index is 13.1. The Morgan fingerprint density at radius 1 is 1.05 bits per heavy atom. The summed E-state index contributed by atoms with van der Waals surface area (Å²) < 4.78 is 76.1. The van der Waals surface area contributed by atoms with E-state index in [0.717, 1.165) is 24.3 Å². The van der Waals surface area contributed by atoms with Gasteiger partial charge in [-0.1, -0.05) is 12.1 Å². The number of piperidine rings is 1. The van der Waals surface area contributed by atoms with Crippen molar-refractivity contribution in [3.05, 3.63) is 53.6 Å². The van der Waals surface area contributed by atoms with E-state index >= 15 is 0 Å². The van der Waals surface area contributed by atoms with Gasteiger partial charge < -0.3 is 20.1 Å². The van der Waals surface area contributed by atoms with E-state index in [1.165, 1.54) is 25.4 Å². The molecule has 208 valence electrons. The van der Waals surface area contributed by atoms with Crippen molar-refractivity contribution in [2.75, 3.05) is 27.3 Å². The summed E-state index contributed by atoms with van der Waals surface area (Å²) >= 11 is 0. The fourth-order valence-electron chi connectivity index (χ4n) is 4.30. The van der Waals surface area contributed by atoms with Crippen LogP contribution >= 0.6 is 0 Å². The van der Waals surface area contributed by atoms with E-state index in [2.05, 4.69) is 10.6 Å². The first-order valence-corrected chi connectivity index (χ1v) is 13.3. The van der Waals surface area contributed by atoms with Gasteiger partial charge >= 0.3 is 6.18 Å². The molecule has 3 rings (SSSR count). The van der Waals surface area contributed by atoms with E-state index in [0.29, 0.717) is 29.9 Å². The van der Waals surface area contributed by atoms with Crippen LogP contribution in [0.25, 0.3) is 0 Å². The highest BCUT2D eigenvalue weighted by molar-refractivity contribution is 7.89. The Bertz CT molecular complexity index is 1240. The first kappa shape index (κ1) is 29.2. The molecular formula is C25H30F3N3O6S. The third-order valence-electron chi connectivity index (χ3n) is 6.22. The zero-order valence-electron chi connectivity index (χ0n) is 21.2. The minimum absolute atomic E-state index is 0.0722. The van der Waals surface area contributed by atoms with E-state index in [4.69, 9.17) is 9.47 Å². The van der Waals surface area contributed by atoms with Crippen LogP contribution in [0.2, 0.25) is 0 Å². The van der Waals surface area contributed by atoms with Gasteiger partial charge in [-0.3, -0.25) is 9.59 Å². The number of carbonyl (C=O) groups excluding carboxylic acids is 2. The number of hydrogen-bond acceptors (Lipinski definition) is 6. The van der Waals surface area contributed by atoms with Crippen molar-refractivity contribution in [1.29, 1.82) is 0 Å². The van der Waals surface area contributed by atoms with Crippen LogP contribution in [0.1, 0.15) is 30.9 Å². The molecule has 1 aliphatic heterocycles. The SMILES string of the molecule is COc1cccc(CC(NC(C)=O)C(=O)NC2CCN(S(=O)(=O)c3ccc(C(F)(F)F)cc3)CC2)c1OC. The van der Waals surface area contributed by atoms with Gasteiger partial charge in [0.15, 0.2) is 11.5 Å². The number of benzene rings is 2. The average Bonchev–Trinajstić information content (AvgIpc) is 2.87. The summed E-state index contributed by atoms with van der Waals surface area (Å²) in [6, 6.07) is 7.29. The summed E-state index contributed by atoms with van der Waals surface area (Å²) in [4.78, 5) is 24.7. The lowest BCUT2D eigenvalue weighted by molar-refractivity contribution is -0.137. The molecule has 0 aliphatic carbocycles. The van der Waals surface area contributed by atoms with Crippen molar-refractivity contribution in [3.8, 4) is 11.5 Å². The quantitative estimate of drug-likeness (QED) is 0.490. The van der Waals surface area contributed by atoms with Crippen LogP contribution < -0.4 is 20.1 Å². The topological polar surface area (TPSA) is 114 Å². The van der Waals surface area contributed by atoms with Crippen LogP contribution in [0.15, 0.2) is 47.4 Å². The molecule has 13 heteroatoms. The lowest BCUT2D eigenvalue weighted by atomic mass is 10.0. The molecular weight excluding hydrogens is 527 g/mol. The van der Waals surface area contributed by atoms with Crippen molar-refractivity contribution in [2.45, 2.75) is 49.3 Å². The van der Waals surface area contributed by atoms with E-state index in [1.807, 2.05) is 0 Å². The van der Waals surface area contributed by atoms with Gasteiger partial charge in [-0.05, 0) is 43.2 Å². The summed E-state index contributed by atoms with van der Waals surface area (Å²) in [6.45, 7) is 1.44. The summed E-state index contributed by atoms with van der Waals surface area (Å²) in [5, 5.41) is 5.52. The predicted octanol–water partition coefficient (Wildman–Crippen LogP) is 2.74. The number of ether oxygens (including phenoxy) is 2. The lowest BCUT2D eigenvalue weighted by Gasteiger charge is -2.32.